The van der Waals surface area contributed by atoms with Gasteiger partial charge in [0.05, 0.1) is 36.0 Å². The minimum absolute atomic E-state index is 0.0480. The van der Waals surface area contributed by atoms with Crippen LogP contribution in [0.2, 0.25) is 5.02 Å². The molecule has 1 N–H and O–H groups in total. The van der Waals surface area contributed by atoms with E-state index in [9.17, 15) is 19.6 Å². The highest BCUT2D eigenvalue weighted by Crippen LogP contribution is 2.44. The molecule has 0 spiro atoms. The lowest BCUT2D eigenvalue weighted by Crippen LogP contribution is -2.25. The van der Waals surface area contributed by atoms with Gasteiger partial charge in [0.25, 0.3) is 0 Å². The van der Waals surface area contributed by atoms with Gasteiger partial charge in [0, 0.05) is 4.92 Å². The molecule has 9 heteroatoms. The van der Waals surface area contributed by atoms with Gasteiger partial charge in [0.1, 0.15) is 11.9 Å². The number of hydrogen-bond donors (Lipinski definition) is 1. The predicted octanol–water partition coefficient (Wildman–Crippen LogP) is 2.41. The molecule has 1 aromatic carbocycles. The van der Waals surface area contributed by atoms with Crippen LogP contribution in [0.25, 0.3) is 0 Å². The standard InChI is InChI=1S/C14H17ClFNO6/c1-3-21-13-8(14(2)22-4-5-23-14)6-9(15)12(16)11(13)10(18)7-17(19)20/h6,10,18H,3-5,7H2,1-2H3. The van der Waals surface area contributed by atoms with Crippen molar-refractivity contribution in [2.24, 2.45) is 0 Å². The molecule has 1 atom stereocenters. The van der Waals surface area contributed by atoms with Crippen LogP contribution in [0.3, 0.4) is 0 Å². The number of hydrogen-bond acceptors (Lipinski definition) is 6. The van der Waals surface area contributed by atoms with Gasteiger partial charge < -0.3 is 19.3 Å². The van der Waals surface area contributed by atoms with Gasteiger partial charge in [0.2, 0.25) is 6.54 Å². The fourth-order valence-electron chi connectivity index (χ4n) is 2.47. The first-order valence-corrected chi connectivity index (χ1v) is 7.41. The number of nitrogens with zero attached hydrogens (tertiary/aromatic N) is 1. The van der Waals surface area contributed by atoms with E-state index < -0.39 is 29.2 Å². The maximum absolute atomic E-state index is 14.4. The fourth-order valence-corrected chi connectivity index (χ4v) is 2.68. The van der Waals surface area contributed by atoms with Crippen LogP contribution in [0.5, 0.6) is 5.75 Å². The Bertz CT molecular complexity index is 605. The lowest BCUT2D eigenvalue weighted by Gasteiger charge is -2.28. The normalized spacial score (nSPS) is 18.0. The molecular formula is C14H17ClFNO6. The van der Waals surface area contributed by atoms with Crippen LogP contribution in [0.15, 0.2) is 6.07 Å². The Morgan fingerprint density at radius 1 is 1.57 bits per heavy atom. The van der Waals surface area contributed by atoms with Crippen LogP contribution in [-0.4, -0.2) is 36.4 Å². The highest BCUT2D eigenvalue weighted by molar-refractivity contribution is 6.31. The Kier molecular flexibility index (Phi) is 5.41. The zero-order chi connectivity index (χ0) is 17.2. The summed E-state index contributed by atoms with van der Waals surface area (Å²) in [6.45, 7) is 3.19. The summed E-state index contributed by atoms with van der Waals surface area (Å²) in [7, 11) is 0. The smallest absolute Gasteiger partial charge is 0.233 e. The molecule has 128 valence electrons. The second-order valence-electron chi connectivity index (χ2n) is 5.07. The Labute approximate surface area is 137 Å². The molecule has 1 unspecified atom stereocenters. The van der Waals surface area contributed by atoms with E-state index in [-0.39, 0.29) is 28.5 Å². The fraction of sp³-hybridized carbons (Fsp3) is 0.571. The van der Waals surface area contributed by atoms with Crippen molar-refractivity contribution in [3.63, 3.8) is 0 Å². The highest BCUT2D eigenvalue weighted by atomic mass is 35.5. The number of ether oxygens (including phenoxy) is 3. The summed E-state index contributed by atoms with van der Waals surface area (Å²) in [5.41, 5.74) is -0.0907. The SMILES string of the molecule is CCOc1c(C2(C)OCCO2)cc(Cl)c(F)c1C(O)C[N+](=O)[O-]. The van der Waals surface area contributed by atoms with Crippen molar-refractivity contribution < 1.29 is 28.6 Å². The molecule has 1 saturated heterocycles. The van der Waals surface area contributed by atoms with Gasteiger partial charge >= 0.3 is 0 Å². The molecule has 0 aromatic heterocycles. The van der Waals surface area contributed by atoms with Crippen LogP contribution in [0.1, 0.15) is 31.1 Å². The van der Waals surface area contributed by atoms with Crippen LogP contribution >= 0.6 is 11.6 Å². The number of rotatable bonds is 6. The molecule has 0 amide bonds. The molecule has 1 aliphatic rings. The van der Waals surface area contributed by atoms with E-state index in [0.29, 0.717) is 13.2 Å². The van der Waals surface area contributed by atoms with E-state index in [4.69, 9.17) is 25.8 Å². The number of halogens is 2. The number of aliphatic hydroxyl groups is 1. The summed E-state index contributed by atoms with van der Waals surface area (Å²) < 4.78 is 30.9. The Balaban J connectivity index is 2.63. The minimum atomic E-state index is -1.71. The summed E-state index contributed by atoms with van der Waals surface area (Å²) >= 11 is 5.89. The molecule has 0 saturated carbocycles. The van der Waals surface area contributed by atoms with Crippen LogP contribution in [-0.2, 0) is 15.3 Å². The summed E-state index contributed by atoms with van der Waals surface area (Å²) in [6.07, 6.45) is -1.71. The second kappa shape index (κ2) is 6.96. The quantitative estimate of drug-likeness (QED) is 0.626. The topological polar surface area (TPSA) is 91.1 Å². The van der Waals surface area contributed by atoms with Gasteiger partial charge in [-0.3, -0.25) is 10.1 Å². The lowest BCUT2D eigenvalue weighted by molar-refractivity contribution is -0.491. The van der Waals surface area contributed by atoms with Gasteiger partial charge in [-0.2, -0.15) is 0 Å². The predicted molar refractivity (Wildman–Crippen MR) is 78.7 cm³/mol. The maximum atomic E-state index is 14.4. The Morgan fingerprint density at radius 3 is 2.70 bits per heavy atom. The zero-order valence-electron chi connectivity index (χ0n) is 12.7. The third kappa shape index (κ3) is 3.55. The molecule has 1 aliphatic heterocycles. The summed E-state index contributed by atoms with van der Waals surface area (Å²) in [5.74, 6) is -2.24. The van der Waals surface area contributed by atoms with Gasteiger partial charge in [-0.05, 0) is 19.9 Å². The van der Waals surface area contributed by atoms with Crippen molar-refractivity contribution in [3.05, 3.63) is 38.1 Å². The molecule has 2 rings (SSSR count). The zero-order valence-corrected chi connectivity index (χ0v) is 13.4. The van der Waals surface area contributed by atoms with Crippen molar-refractivity contribution >= 4 is 11.6 Å². The average Bonchev–Trinajstić information content (AvgIpc) is 2.90. The third-order valence-corrected chi connectivity index (χ3v) is 3.75. The molecule has 0 radical (unpaired) electrons. The molecule has 7 nitrogen and oxygen atoms in total. The highest BCUT2D eigenvalue weighted by Gasteiger charge is 2.40. The lowest BCUT2D eigenvalue weighted by atomic mass is 9.98. The molecule has 1 fully saturated rings. The van der Waals surface area contributed by atoms with Gasteiger partial charge in [-0.1, -0.05) is 11.6 Å². The summed E-state index contributed by atoms with van der Waals surface area (Å²) in [5, 5.41) is 20.4. The Morgan fingerprint density at radius 2 is 2.17 bits per heavy atom. The first-order valence-electron chi connectivity index (χ1n) is 7.03. The summed E-state index contributed by atoms with van der Waals surface area (Å²) in [4.78, 5) is 9.91. The minimum Gasteiger partial charge on any atom is -0.493 e. The first-order chi connectivity index (χ1) is 10.8. The second-order valence-corrected chi connectivity index (χ2v) is 5.48. The maximum Gasteiger partial charge on any atom is 0.233 e. The number of benzene rings is 1. The molecule has 1 heterocycles. The molecule has 0 aliphatic carbocycles. The largest absolute Gasteiger partial charge is 0.493 e. The summed E-state index contributed by atoms with van der Waals surface area (Å²) in [6, 6.07) is 1.29. The van der Waals surface area contributed by atoms with E-state index in [1.165, 1.54) is 6.07 Å². The van der Waals surface area contributed by atoms with E-state index >= 15 is 0 Å². The van der Waals surface area contributed by atoms with Gasteiger partial charge in [0.15, 0.2) is 11.6 Å². The van der Waals surface area contributed by atoms with Crippen molar-refractivity contribution in [2.45, 2.75) is 25.7 Å². The first kappa shape index (κ1) is 17.9. The van der Waals surface area contributed by atoms with Crippen LogP contribution < -0.4 is 4.74 Å². The molecular weight excluding hydrogens is 333 g/mol. The van der Waals surface area contributed by atoms with E-state index in [2.05, 4.69) is 0 Å². The number of nitro groups is 1. The van der Waals surface area contributed by atoms with Gasteiger partial charge in [-0.25, -0.2) is 4.39 Å². The van der Waals surface area contributed by atoms with E-state index in [1.54, 1.807) is 13.8 Å². The molecule has 1 aromatic rings. The van der Waals surface area contributed by atoms with Crippen LogP contribution in [0.4, 0.5) is 4.39 Å². The van der Waals surface area contributed by atoms with Crippen molar-refractivity contribution in [2.75, 3.05) is 26.4 Å². The van der Waals surface area contributed by atoms with Crippen molar-refractivity contribution in [1.82, 2.24) is 0 Å². The third-order valence-electron chi connectivity index (χ3n) is 3.48. The average molecular weight is 350 g/mol. The van der Waals surface area contributed by atoms with Crippen molar-refractivity contribution in [3.8, 4) is 5.75 Å². The van der Waals surface area contributed by atoms with Crippen LogP contribution in [0, 0.1) is 15.9 Å². The number of aliphatic hydroxyl groups excluding tert-OH is 1. The van der Waals surface area contributed by atoms with Gasteiger partial charge in [-0.15, -0.1) is 0 Å². The van der Waals surface area contributed by atoms with E-state index in [1.807, 2.05) is 0 Å². The monoisotopic (exact) mass is 349 g/mol. The van der Waals surface area contributed by atoms with Crippen molar-refractivity contribution in [1.29, 1.82) is 0 Å². The Hall–Kier alpha value is -1.48. The van der Waals surface area contributed by atoms with E-state index in [0.717, 1.165) is 0 Å². The molecule has 0 bridgehead atoms. The molecule has 23 heavy (non-hydrogen) atoms.